The van der Waals surface area contributed by atoms with Gasteiger partial charge in [0.15, 0.2) is 0 Å². The van der Waals surface area contributed by atoms with Gasteiger partial charge in [0.05, 0.1) is 11.5 Å². The van der Waals surface area contributed by atoms with Crippen LogP contribution in [-0.4, -0.2) is 20.9 Å². The van der Waals surface area contributed by atoms with Crippen LogP contribution in [0.3, 0.4) is 0 Å². The molecule has 29 heavy (non-hydrogen) atoms. The molecule has 0 radical (unpaired) electrons. The number of nitrogens with one attached hydrogen (secondary N) is 2. The summed E-state index contributed by atoms with van der Waals surface area (Å²) in [6.07, 6.45) is 0. The number of rotatable bonds is 7. The van der Waals surface area contributed by atoms with Crippen LogP contribution >= 0.6 is 0 Å². The quantitative estimate of drug-likeness (QED) is 0.603. The Morgan fingerprint density at radius 3 is 2.24 bits per heavy atom. The van der Waals surface area contributed by atoms with Gasteiger partial charge in [-0.2, -0.15) is 0 Å². The topological polar surface area (TPSA) is 84.5 Å². The predicted molar refractivity (Wildman–Crippen MR) is 114 cm³/mol. The summed E-state index contributed by atoms with van der Waals surface area (Å²) in [4.78, 5) is 12.5. The number of benzene rings is 3. The van der Waals surface area contributed by atoms with Gasteiger partial charge in [-0.3, -0.25) is 9.52 Å². The molecule has 0 saturated carbocycles. The first kappa shape index (κ1) is 20.4. The third-order valence-corrected chi connectivity index (χ3v) is 5.52. The number of aryl methyl sites for hydroxylation is 1. The number of hydrogen-bond acceptors (Lipinski definition) is 4. The van der Waals surface area contributed by atoms with Gasteiger partial charge in [0.1, 0.15) is 5.75 Å². The number of carbonyl (C=O) groups excluding carboxylic acids is 1. The van der Waals surface area contributed by atoms with Crippen LogP contribution in [0.15, 0.2) is 77.7 Å². The third-order valence-electron chi connectivity index (χ3n) is 4.12. The Bertz CT molecular complexity index is 1090. The summed E-state index contributed by atoms with van der Waals surface area (Å²) in [7, 11) is -3.71. The highest BCUT2D eigenvalue weighted by molar-refractivity contribution is 7.92. The number of sulfonamides is 1. The van der Waals surface area contributed by atoms with E-state index in [1.807, 2.05) is 19.9 Å². The summed E-state index contributed by atoms with van der Waals surface area (Å²) in [5.74, 6) is 0.404. The molecule has 3 aromatic carbocycles. The minimum atomic E-state index is -3.71. The molecule has 0 aliphatic rings. The van der Waals surface area contributed by atoms with Crippen molar-refractivity contribution in [1.82, 2.24) is 0 Å². The number of ether oxygens (including phenoxy) is 1. The van der Waals surface area contributed by atoms with Gasteiger partial charge in [-0.05, 0) is 80.1 Å². The van der Waals surface area contributed by atoms with Crippen molar-refractivity contribution in [1.29, 1.82) is 0 Å². The van der Waals surface area contributed by atoms with Crippen LogP contribution in [-0.2, 0) is 10.0 Å². The van der Waals surface area contributed by atoms with Crippen molar-refractivity contribution in [3.05, 3.63) is 83.9 Å². The van der Waals surface area contributed by atoms with Gasteiger partial charge in [-0.1, -0.05) is 12.1 Å². The molecule has 7 heteroatoms. The molecule has 0 saturated heterocycles. The maximum Gasteiger partial charge on any atom is 0.261 e. The maximum atomic E-state index is 12.5. The van der Waals surface area contributed by atoms with Crippen molar-refractivity contribution in [3.8, 4) is 5.75 Å². The van der Waals surface area contributed by atoms with E-state index in [0.717, 1.165) is 5.56 Å². The van der Waals surface area contributed by atoms with E-state index in [4.69, 9.17) is 4.74 Å². The first-order chi connectivity index (χ1) is 13.9. The molecule has 0 aromatic heterocycles. The Morgan fingerprint density at radius 2 is 1.62 bits per heavy atom. The fourth-order valence-electron chi connectivity index (χ4n) is 2.71. The zero-order chi connectivity index (χ0) is 20.9. The van der Waals surface area contributed by atoms with Crippen LogP contribution in [0.25, 0.3) is 0 Å². The molecule has 6 nitrogen and oxygen atoms in total. The van der Waals surface area contributed by atoms with E-state index in [-0.39, 0.29) is 10.8 Å². The van der Waals surface area contributed by atoms with E-state index in [1.54, 1.807) is 54.6 Å². The Labute approximate surface area is 170 Å². The van der Waals surface area contributed by atoms with Crippen molar-refractivity contribution < 1.29 is 17.9 Å². The third kappa shape index (κ3) is 5.36. The van der Waals surface area contributed by atoms with Crippen LogP contribution in [0.5, 0.6) is 5.75 Å². The largest absolute Gasteiger partial charge is 0.494 e. The second kappa shape index (κ2) is 8.79. The predicted octanol–water partition coefficient (Wildman–Crippen LogP) is 4.45. The number of amides is 1. The Morgan fingerprint density at radius 1 is 0.931 bits per heavy atom. The maximum absolute atomic E-state index is 12.5. The summed E-state index contributed by atoms with van der Waals surface area (Å²) >= 11 is 0. The number of carbonyl (C=O) groups is 1. The van der Waals surface area contributed by atoms with Gasteiger partial charge in [-0.25, -0.2) is 8.42 Å². The standard InChI is InChI=1S/C22H22N2O4S/c1-3-28-20-11-7-17(8-12-20)22(25)23-18-9-13-21(14-10-18)29(26,27)24-19-6-4-5-16(2)15-19/h4-15,24H,3H2,1-2H3,(H,23,25). The van der Waals surface area contributed by atoms with Gasteiger partial charge >= 0.3 is 0 Å². The van der Waals surface area contributed by atoms with Crippen LogP contribution < -0.4 is 14.8 Å². The zero-order valence-electron chi connectivity index (χ0n) is 16.2. The van der Waals surface area contributed by atoms with Crippen LogP contribution in [0, 0.1) is 6.92 Å². The lowest BCUT2D eigenvalue weighted by Crippen LogP contribution is -2.14. The first-order valence-corrected chi connectivity index (χ1v) is 10.6. The molecule has 0 fully saturated rings. The van der Waals surface area contributed by atoms with E-state index in [1.165, 1.54) is 12.1 Å². The van der Waals surface area contributed by atoms with Gasteiger partial charge in [0.25, 0.3) is 15.9 Å². The molecule has 0 heterocycles. The fourth-order valence-corrected chi connectivity index (χ4v) is 3.76. The average molecular weight is 410 g/mol. The Balaban J connectivity index is 1.68. The summed E-state index contributed by atoms with van der Waals surface area (Å²) in [5.41, 5.74) is 2.43. The second-order valence-corrected chi connectivity index (χ2v) is 8.09. The van der Waals surface area contributed by atoms with Crippen molar-refractivity contribution in [3.63, 3.8) is 0 Å². The minimum absolute atomic E-state index is 0.109. The van der Waals surface area contributed by atoms with Crippen molar-refractivity contribution in [2.45, 2.75) is 18.7 Å². The lowest BCUT2D eigenvalue weighted by Gasteiger charge is -2.10. The van der Waals surface area contributed by atoms with Gasteiger partial charge < -0.3 is 10.1 Å². The van der Waals surface area contributed by atoms with Gasteiger partial charge in [0.2, 0.25) is 0 Å². The molecule has 3 rings (SSSR count). The van der Waals surface area contributed by atoms with Crippen molar-refractivity contribution in [2.75, 3.05) is 16.6 Å². The van der Waals surface area contributed by atoms with Crippen LogP contribution in [0.1, 0.15) is 22.8 Å². The molecular weight excluding hydrogens is 388 g/mol. The average Bonchev–Trinajstić information content (AvgIpc) is 2.69. The normalized spacial score (nSPS) is 11.0. The molecular formula is C22H22N2O4S. The lowest BCUT2D eigenvalue weighted by atomic mass is 10.2. The van der Waals surface area contributed by atoms with E-state index < -0.39 is 10.0 Å². The molecule has 0 unspecified atom stereocenters. The number of hydrogen-bond donors (Lipinski definition) is 2. The summed E-state index contributed by atoms with van der Waals surface area (Å²) in [5, 5.41) is 2.75. The first-order valence-electron chi connectivity index (χ1n) is 9.11. The van der Waals surface area contributed by atoms with Crippen LogP contribution in [0.4, 0.5) is 11.4 Å². The van der Waals surface area contributed by atoms with E-state index >= 15 is 0 Å². The van der Waals surface area contributed by atoms with Crippen LogP contribution in [0.2, 0.25) is 0 Å². The van der Waals surface area contributed by atoms with E-state index in [2.05, 4.69) is 10.0 Å². The summed E-state index contributed by atoms with van der Waals surface area (Å²) in [6, 6.07) is 19.9. The zero-order valence-corrected chi connectivity index (χ0v) is 17.0. The number of anilines is 2. The lowest BCUT2D eigenvalue weighted by molar-refractivity contribution is 0.102. The monoisotopic (exact) mass is 410 g/mol. The highest BCUT2D eigenvalue weighted by Gasteiger charge is 2.14. The highest BCUT2D eigenvalue weighted by Crippen LogP contribution is 2.20. The summed E-state index contributed by atoms with van der Waals surface area (Å²) in [6.45, 7) is 4.33. The Hall–Kier alpha value is -3.32. The SMILES string of the molecule is CCOc1ccc(C(=O)Nc2ccc(S(=O)(=O)Nc3cccc(C)c3)cc2)cc1. The van der Waals surface area contributed by atoms with E-state index in [9.17, 15) is 13.2 Å². The molecule has 0 spiro atoms. The molecule has 0 aliphatic carbocycles. The Kier molecular flexibility index (Phi) is 6.19. The summed E-state index contributed by atoms with van der Waals surface area (Å²) < 4.78 is 33.0. The molecule has 0 aliphatic heterocycles. The second-order valence-electron chi connectivity index (χ2n) is 6.41. The van der Waals surface area contributed by atoms with Gasteiger partial charge in [0, 0.05) is 16.9 Å². The fraction of sp³-hybridized carbons (Fsp3) is 0.136. The molecule has 0 bridgehead atoms. The van der Waals surface area contributed by atoms with Gasteiger partial charge in [-0.15, -0.1) is 0 Å². The highest BCUT2D eigenvalue weighted by atomic mass is 32.2. The van der Waals surface area contributed by atoms with Crippen molar-refractivity contribution in [2.24, 2.45) is 0 Å². The molecule has 0 atom stereocenters. The van der Waals surface area contributed by atoms with E-state index in [0.29, 0.717) is 29.3 Å². The van der Waals surface area contributed by atoms with Crippen molar-refractivity contribution >= 4 is 27.3 Å². The molecule has 2 N–H and O–H groups in total. The molecule has 1 amide bonds. The minimum Gasteiger partial charge on any atom is -0.494 e. The molecule has 3 aromatic rings. The smallest absolute Gasteiger partial charge is 0.261 e. The molecule has 150 valence electrons.